The topological polar surface area (TPSA) is 18.5 Å². The average Bonchev–Trinajstić information content (AvgIpc) is 2.44. The molecule has 1 atom stereocenters. The fourth-order valence-electron chi connectivity index (χ4n) is 5.53. The second-order valence-electron chi connectivity index (χ2n) is 10.1. The van der Waals surface area contributed by atoms with Crippen LogP contribution < -0.4 is 5.32 Å². The van der Waals surface area contributed by atoms with Gasteiger partial charge in [-0.1, -0.05) is 20.8 Å². The van der Waals surface area contributed by atoms with E-state index in [1.807, 2.05) is 0 Å². The van der Waals surface area contributed by atoms with E-state index in [0.29, 0.717) is 5.41 Å². The largest absolute Gasteiger partial charge is 0.315 e. The molecule has 4 fully saturated rings. The molecule has 1 saturated carbocycles. The maximum atomic E-state index is 3.57. The second kappa shape index (κ2) is 6.00. The zero-order chi connectivity index (χ0) is 16.1. The second-order valence-corrected chi connectivity index (χ2v) is 10.1. The zero-order valence-corrected chi connectivity index (χ0v) is 15.6. The number of likely N-dealkylation sites (tertiary alicyclic amines) is 2. The van der Waals surface area contributed by atoms with Gasteiger partial charge in [-0.15, -0.1) is 0 Å². The molecule has 0 bridgehead atoms. The minimum atomic E-state index is 0.533. The molecule has 4 aliphatic rings. The van der Waals surface area contributed by atoms with Gasteiger partial charge in [0.1, 0.15) is 0 Å². The minimum absolute atomic E-state index is 0.533. The molecule has 4 rings (SSSR count). The summed E-state index contributed by atoms with van der Waals surface area (Å²) >= 11 is 0. The zero-order valence-electron chi connectivity index (χ0n) is 15.6. The summed E-state index contributed by atoms with van der Waals surface area (Å²) in [6.07, 6.45) is 8.75. The Morgan fingerprint density at radius 3 is 2.22 bits per heavy atom. The van der Waals surface area contributed by atoms with Crippen molar-refractivity contribution in [2.75, 3.05) is 39.3 Å². The Hall–Kier alpha value is -0.120. The van der Waals surface area contributed by atoms with Crippen LogP contribution >= 0.6 is 0 Å². The van der Waals surface area contributed by atoms with Crippen LogP contribution in [0.15, 0.2) is 0 Å². The third-order valence-corrected chi connectivity index (χ3v) is 7.64. The molecule has 1 unspecified atom stereocenters. The highest BCUT2D eigenvalue weighted by Crippen LogP contribution is 2.58. The van der Waals surface area contributed by atoms with Crippen molar-refractivity contribution in [2.45, 2.75) is 71.4 Å². The van der Waals surface area contributed by atoms with E-state index in [1.54, 1.807) is 0 Å². The van der Waals surface area contributed by atoms with Gasteiger partial charge in [0.05, 0.1) is 0 Å². The van der Waals surface area contributed by atoms with E-state index < -0.39 is 0 Å². The van der Waals surface area contributed by atoms with Crippen LogP contribution in [0, 0.1) is 16.7 Å². The first-order chi connectivity index (χ1) is 11.0. The number of hydrogen-bond acceptors (Lipinski definition) is 3. The van der Waals surface area contributed by atoms with Crippen LogP contribution in [-0.4, -0.2) is 61.2 Å². The van der Waals surface area contributed by atoms with Gasteiger partial charge in [0.15, 0.2) is 0 Å². The third kappa shape index (κ3) is 3.21. The Bertz CT molecular complexity index is 399. The molecule has 1 aliphatic carbocycles. The summed E-state index contributed by atoms with van der Waals surface area (Å²) in [6.45, 7) is 15.2. The number of hydrogen-bond donors (Lipinski definition) is 1. The van der Waals surface area contributed by atoms with E-state index in [1.165, 1.54) is 77.8 Å². The van der Waals surface area contributed by atoms with Gasteiger partial charge in [-0.2, -0.15) is 0 Å². The van der Waals surface area contributed by atoms with Crippen molar-refractivity contribution in [2.24, 2.45) is 16.7 Å². The summed E-state index contributed by atoms with van der Waals surface area (Å²) in [6, 6.07) is 1.70. The molecule has 3 aliphatic heterocycles. The molecule has 3 heterocycles. The van der Waals surface area contributed by atoms with Crippen LogP contribution in [0.2, 0.25) is 0 Å². The maximum Gasteiger partial charge on any atom is 0.0350 e. The molecule has 0 aromatic rings. The lowest BCUT2D eigenvalue weighted by molar-refractivity contribution is -0.0831. The first-order valence-electron chi connectivity index (χ1n) is 10.1. The van der Waals surface area contributed by atoms with Gasteiger partial charge in [0, 0.05) is 31.7 Å². The Morgan fingerprint density at radius 1 is 0.957 bits per heavy atom. The Labute approximate surface area is 143 Å². The SMILES string of the molecule is CC(C)(C)C1CC2(CCN(C3CN(C4CCCNC4)C3)CC2)C1. The van der Waals surface area contributed by atoms with E-state index in [4.69, 9.17) is 0 Å². The molecular formula is C20H37N3. The fraction of sp³-hybridized carbons (Fsp3) is 1.00. The molecule has 0 radical (unpaired) electrons. The van der Waals surface area contributed by atoms with Crippen molar-refractivity contribution in [1.29, 1.82) is 0 Å². The molecule has 132 valence electrons. The Balaban J connectivity index is 1.20. The molecular weight excluding hydrogens is 282 g/mol. The van der Waals surface area contributed by atoms with Crippen LogP contribution in [0.25, 0.3) is 0 Å². The minimum Gasteiger partial charge on any atom is -0.315 e. The standard InChI is InChI=1S/C20H37N3/c1-19(2,3)16-11-20(12-16)6-9-22(10-7-20)18-14-23(15-18)17-5-4-8-21-13-17/h16-18,21H,4-15H2,1-3H3. The van der Waals surface area contributed by atoms with Gasteiger partial charge in [-0.05, 0) is 74.9 Å². The van der Waals surface area contributed by atoms with Crippen molar-refractivity contribution in [1.82, 2.24) is 15.1 Å². The van der Waals surface area contributed by atoms with Crippen LogP contribution in [0.4, 0.5) is 0 Å². The van der Waals surface area contributed by atoms with Crippen LogP contribution in [0.1, 0.15) is 59.3 Å². The molecule has 0 aromatic heterocycles. The molecule has 1 spiro atoms. The van der Waals surface area contributed by atoms with Crippen LogP contribution in [0.3, 0.4) is 0 Å². The summed E-state index contributed by atoms with van der Waals surface area (Å²) in [5.74, 6) is 0.979. The average molecular weight is 320 g/mol. The molecule has 3 saturated heterocycles. The quantitative estimate of drug-likeness (QED) is 0.844. The van der Waals surface area contributed by atoms with E-state index in [9.17, 15) is 0 Å². The van der Waals surface area contributed by atoms with Crippen molar-refractivity contribution in [3.63, 3.8) is 0 Å². The van der Waals surface area contributed by atoms with Gasteiger partial charge in [0.2, 0.25) is 0 Å². The van der Waals surface area contributed by atoms with Crippen molar-refractivity contribution < 1.29 is 0 Å². The van der Waals surface area contributed by atoms with Gasteiger partial charge >= 0.3 is 0 Å². The Kier molecular flexibility index (Phi) is 4.26. The summed E-state index contributed by atoms with van der Waals surface area (Å²) in [4.78, 5) is 5.56. The lowest BCUT2D eigenvalue weighted by atomic mass is 9.51. The number of piperidine rings is 2. The summed E-state index contributed by atoms with van der Waals surface area (Å²) in [5, 5.41) is 3.57. The van der Waals surface area contributed by atoms with E-state index in [0.717, 1.165) is 23.4 Å². The molecule has 23 heavy (non-hydrogen) atoms. The van der Waals surface area contributed by atoms with Gasteiger partial charge in [-0.3, -0.25) is 9.80 Å². The molecule has 3 heteroatoms. The predicted octanol–water partition coefficient (Wildman–Crippen LogP) is 2.96. The van der Waals surface area contributed by atoms with Crippen LogP contribution in [0.5, 0.6) is 0 Å². The maximum absolute atomic E-state index is 3.57. The summed E-state index contributed by atoms with van der Waals surface area (Å²) < 4.78 is 0. The Morgan fingerprint density at radius 2 is 1.65 bits per heavy atom. The van der Waals surface area contributed by atoms with Crippen LogP contribution in [-0.2, 0) is 0 Å². The number of rotatable bonds is 2. The molecule has 1 N–H and O–H groups in total. The molecule has 3 nitrogen and oxygen atoms in total. The van der Waals surface area contributed by atoms with E-state index in [2.05, 4.69) is 35.9 Å². The monoisotopic (exact) mass is 319 g/mol. The number of nitrogens with one attached hydrogen (secondary N) is 1. The van der Waals surface area contributed by atoms with Crippen molar-refractivity contribution in [3.05, 3.63) is 0 Å². The number of nitrogens with zero attached hydrogens (tertiary/aromatic N) is 2. The highest BCUT2D eigenvalue weighted by molar-refractivity contribution is 5.02. The van der Waals surface area contributed by atoms with E-state index in [-0.39, 0.29) is 0 Å². The van der Waals surface area contributed by atoms with Crippen molar-refractivity contribution in [3.8, 4) is 0 Å². The first kappa shape index (κ1) is 16.4. The smallest absolute Gasteiger partial charge is 0.0350 e. The third-order valence-electron chi connectivity index (χ3n) is 7.64. The summed E-state index contributed by atoms with van der Waals surface area (Å²) in [7, 11) is 0. The normalized spacial score (nSPS) is 34.3. The van der Waals surface area contributed by atoms with Crippen molar-refractivity contribution >= 4 is 0 Å². The lowest BCUT2D eigenvalue weighted by Gasteiger charge is -2.58. The lowest BCUT2D eigenvalue weighted by Crippen LogP contribution is -2.66. The predicted molar refractivity (Wildman–Crippen MR) is 96.7 cm³/mol. The fourth-order valence-corrected chi connectivity index (χ4v) is 5.53. The first-order valence-corrected chi connectivity index (χ1v) is 10.1. The highest BCUT2D eigenvalue weighted by atomic mass is 15.3. The highest BCUT2D eigenvalue weighted by Gasteiger charge is 2.50. The van der Waals surface area contributed by atoms with Gasteiger partial charge in [-0.25, -0.2) is 0 Å². The molecule has 0 aromatic carbocycles. The summed E-state index contributed by atoms with van der Waals surface area (Å²) in [5.41, 5.74) is 1.27. The van der Waals surface area contributed by atoms with Gasteiger partial charge < -0.3 is 5.32 Å². The molecule has 0 amide bonds. The van der Waals surface area contributed by atoms with Gasteiger partial charge in [0.25, 0.3) is 0 Å². The van der Waals surface area contributed by atoms with E-state index >= 15 is 0 Å².